The quantitative estimate of drug-likeness (QED) is 0.849. The van der Waals surface area contributed by atoms with Crippen LogP contribution in [-0.2, 0) is 0 Å². The van der Waals surface area contributed by atoms with Crippen LogP contribution in [0.4, 0.5) is 4.79 Å². The molecule has 1 aliphatic heterocycles. The molecule has 1 fully saturated rings. The highest BCUT2D eigenvalue weighted by Gasteiger charge is 2.28. The van der Waals surface area contributed by atoms with Crippen molar-refractivity contribution in [3.05, 3.63) is 22.7 Å². The maximum Gasteiger partial charge on any atom is 0.320 e. The number of piperidine rings is 1. The van der Waals surface area contributed by atoms with Gasteiger partial charge in [-0.05, 0) is 42.6 Å². The van der Waals surface area contributed by atoms with Crippen LogP contribution in [0.25, 0.3) is 0 Å². The average Bonchev–Trinajstić information content (AvgIpc) is 2.49. The first-order valence-electron chi connectivity index (χ1n) is 7.17. The number of hydrogen-bond acceptors (Lipinski definition) is 3. The van der Waals surface area contributed by atoms with Crippen LogP contribution in [0.5, 0.6) is 0 Å². The third kappa shape index (κ3) is 3.48. The van der Waals surface area contributed by atoms with E-state index in [1.54, 1.807) is 12.4 Å². The van der Waals surface area contributed by atoms with Gasteiger partial charge >= 0.3 is 6.03 Å². The second-order valence-electron chi connectivity index (χ2n) is 5.00. The summed E-state index contributed by atoms with van der Waals surface area (Å²) >= 11 is 3.35. The molecule has 2 heterocycles. The van der Waals surface area contributed by atoms with E-state index in [0.717, 1.165) is 49.3 Å². The Kier molecular flexibility index (Phi) is 5.34. The Morgan fingerprint density at radius 2 is 2.05 bits per heavy atom. The lowest BCUT2D eigenvalue weighted by Gasteiger charge is -2.35. The summed E-state index contributed by atoms with van der Waals surface area (Å²) in [6.45, 7) is 7.09. The Bertz CT molecular complexity index is 447. The average molecular weight is 341 g/mol. The van der Waals surface area contributed by atoms with E-state index in [-0.39, 0.29) is 11.9 Å². The van der Waals surface area contributed by atoms with E-state index in [4.69, 9.17) is 0 Å². The van der Waals surface area contributed by atoms with Gasteiger partial charge in [-0.15, -0.1) is 0 Å². The Labute approximate surface area is 128 Å². The van der Waals surface area contributed by atoms with Crippen molar-refractivity contribution < 1.29 is 4.79 Å². The van der Waals surface area contributed by atoms with E-state index in [1.807, 2.05) is 23.6 Å². The molecule has 0 saturated carbocycles. The molecular weight excluding hydrogens is 320 g/mol. The van der Waals surface area contributed by atoms with Crippen molar-refractivity contribution >= 4 is 22.0 Å². The third-order valence-electron chi connectivity index (χ3n) is 3.73. The molecule has 0 aliphatic carbocycles. The van der Waals surface area contributed by atoms with Crippen LogP contribution in [0.3, 0.4) is 0 Å². The van der Waals surface area contributed by atoms with E-state index >= 15 is 0 Å². The fraction of sp³-hybridized carbons (Fsp3) is 0.643. The molecule has 0 radical (unpaired) electrons. The predicted octanol–water partition coefficient (Wildman–Crippen LogP) is 2.88. The molecule has 1 aromatic rings. The molecule has 0 bridgehead atoms. The van der Waals surface area contributed by atoms with Gasteiger partial charge in [-0.25, -0.2) is 14.8 Å². The molecular formula is C14H21BrN4O. The Morgan fingerprint density at radius 1 is 1.40 bits per heavy atom. The van der Waals surface area contributed by atoms with E-state index in [9.17, 15) is 4.79 Å². The summed E-state index contributed by atoms with van der Waals surface area (Å²) in [6.07, 6.45) is 5.60. The van der Waals surface area contributed by atoms with Crippen LogP contribution < -0.4 is 0 Å². The first kappa shape index (κ1) is 15.2. The number of rotatable bonds is 3. The molecule has 6 heteroatoms. The molecule has 2 rings (SSSR count). The molecule has 1 aliphatic rings. The van der Waals surface area contributed by atoms with Crippen molar-refractivity contribution in [3.63, 3.8) is 0 Å². The van der Waals surface area contributed by atoms with Gasteiger partial charge in [0.15, 0.2) is 0 Å². The number of nitrogens with zero attached hydrogens (tertiary/aromatic N) is 4. The first-order valence-corrected chi connectivity index (χ1v) is 7.96. The van der Waals surface area contributed by atoms with Gasteiger partial charge < -0.3 is 9.80 Å². The molecule has 0 aromatic carbocycles. The summed E-state index contributed by atoms with van der Waals surface area (Å²) < 4.78 is 0.883. The van der Waals surface area contributed by atoms with Gasteiger partial charge in [0.25, 0.3) is 0 Å². The second-order valence-corrected chi connectivity index (χ2v) is 5.92. The maximum atomic E-state index is 12.4. The number of amides is 2. The molecule has 1 atom stereocenters. The molecule has 5 nitrogen and oxygen atoms in total. The number of likely N-dealkylation sites (tertiary alicyclic amines) is 1. The van der Waals surface area contributed by atoms with Gasteiger partial charge in [0, 0.05) is 44.5 Å². The highest BCUT2D eigenvalue weighted by atomic mass is 79.9. The largest absolute Gasteiger partial charge is 0.325 e. The fourth-order valence-electron chi connectivity index (χ4n) is 2.59. The minimum atomic E-state index is 0.136. The SMILES string of the molecule is CCN(CC)C(=O)N1CCCC(c2ncc(Br)cn2)C1. The van der Waals surface area contributed by atoms with E-state index in [2.05, 4.69) is 25.9 Å². The molecule has 110 valence electrons. The van der Waals surface area contributed by atoms with Crippen LogP contribution in [0.2, 0.25) is 0 Å². The molecule has 0 N–H and O–H groups in total. The number of aromatic nitrogens is 2. The van der Waals surface area contributed by atoms with Gasteiger partial charge in [-0.3, -0.25) is 0 Å². The van der Waals surface area contributed by atoms with Gasteiger partial charge in [0.05, 0.1) is 4.47 Å². The summed E-state index contributed by atoms with van der Waals surface area (Å²) in [5.74, 6) is 1.08. The molecule has 1 saturated heterocycles. The Morgan fingerprint density at radius 3 is 2.65 bits per heavy atom. The second kappa shape index (κ2) is 7.02. The lowest BCUT2D eigenvalue weighted by Crippen LogP contribution is -2.47. The van der Waals surface area contributed by atoms with Gasteiger partial charge in [0.1, 0.15) is 5.82 Å². The number of carbonyl (C=O) groups excluding carboxylic acids is 1. The zero-order valence-corrected chi connectivity index (χ0v) is 13.6. The molecule has 0 spiro atoms. The fourth-order valence-corrected chi connectivity index (χ4v) is 2.79. The van der Waals surface area contributed by atoms with Crippen molar-refractivity contribution in [1.82, 2.24) is 19.8 Å². The van der Waals surface area contributed by atoms with Gasteiger partial charge in [-0.2, -0.15) is 0 Å². The van der Waals surface area contributed by atoms with Gasteiger partial charge in [-0.1, -0.05) is 0 Å². The molecule has 1 aromatic heterocycles. The minimum Gasteiger partial charge on any atom is -0.325 e. The molecule has 2 amide bonds. The number of carbonyl (C=O) groups is 1. The zero-order valence-electron chi connectivity index (χ0n) is 12.0. The lowest BCUT2D eigenvalue weighted by atomic mass is 9.97. The summed E-state index contributed by atoms with van der Waals surface area (Å²) in [4.78, 5) is 24.9. The topological polar surface area (TPSA) is 49.3 Å². The lowest BCUT2D eigenvalue weighted by molar-refractivity contribution is 0.141. The number of hydrogen-bond donors (Lipinski definition) is 0. The van der Waals surface area contributed by atoms with Gasteiger partial charge in [0.2, 0.25) is 0 Å². The summed E-state index contributed by atoms with van der Waals surface area (Å²) in [6, 6.07) is 0.136. The number of halogens is 1. The van der Waals surface area contributed by atoms with Crippen molar-refractivity contribution in [2.75, 3.05) is 26.2 Å². The van der Waals surface area contributed by atoms with Crippen LogP contribution in [-0.4, -0.2) is 52.0 Å². The van der Waals surface area contributed by atoms with E-state index in [0.29, 0.717) is 0 Å². The third-order valence-corrected chi connectivity index (χ3v) is 4.14. The monoisotopic (exact) mass is 340 g/mol. The van der Waals surface area contributed by atoms with Crippen molar-refractivity contribution in [1.29, 1.82) is 0 Å². The summed E-state index contributed by atoms with van der Waals surface area (Å²) in [5.41, 5.74) is 0. The van der Waals surface area contributed by atoms with Crippen LogP contribution in [0, 0.1) is 0 Å². The zero-order chi connectivity index (χ0) is 14.5. The van der Waals surface area contributed by atoms with Crippen LogP contribution in [0.15, 0.2) is 16.9 Å². The van der Waals surface area contributed by atoms with Crippen LogP contribution in [0.1, 0.15) is 38.4 Å². The highest BCUT2D eigenvalue weighted by molar-refractivity contribution is 9.10. The Hall–Kier alpha value is -1.17. The number of urea groups is 1. The van der Waals surface area contributed by atoms with Crippen molar-refractivity contribution in [3.8, 4) is 0 Å². The summed E-state index contributed by atoms with van der Waals surface area (Å²) in [5, 5.41) is 0. The standard InChI is InChI=1S/C14H21BrN4O/c1-3-18(4-2)14(20)19-7-5-6-11(10-19)13-16-8-12(15)9-17-13/h8-9,11H,3-7,10H2,1-2H3. The molecule has 20 heavy (non-hydrogen) atoms. The normalized spacial score (nSPS) is 18.9. The summed E-state index contributed by atoms with van der Waals surface area (Å²) in [7, 11) is 0. The first-order chi connectivity index (χ1) is 9.65. The maximum absolute atomic E-state index is 12.4. The Balaban J connectivity index is 2.04. The van der Waals surface area contributed by atoms with Crippen molar-refractivity contribution in [2.45, 2.75) is 32.6 Å². The molecule has 1 unspecified atom stereocenters. The predicted molar refractivity (Wildman–Crippen MR) is 81.6 cm³/mol. The van der Waals surface area contributed by atoms with Crippen molar-refractivity contribution in [2.24, 2.45) is 0 Å². The van der Waals surface area contributed by atoms with E-state index < -0.39 is 0 Å². The minimum absolute atomic E-state index is 0.136. The van der Waals surface area contributed by atoms with Crippen LogP contribution >= 0.6 is 15.9 Å². The smallest absolute Gasteiger partial charge is 0.320 e. The highest BCUT2D eigenvalue weighted by Crippen LogP contribution is 2.25. The van der Waals surface area contributed by atoms with E-state index in [1.165, 1.54) is 0 Å².